The zero-order valence-corrected chi connectivity index (χ0v) is 22.9. The number of benzene rings is 1. The average Bonchev–Trinajstić information content (AvgIpc) is 3.13. The van der Waals surface area contributed by atoms with E-state index < -0.39 is 5.97 Å². The van der Waals surface area contributed by atoms with Crippen LogP contribution in [0.15, 0.2) is 29.1 Å². The van der Waals surface area contributed by atoms with Gasteiger partial charge in [-0.25, -0.2) is 4.98 Å². The Balaban J connectivity index is 1.47. The quantitative estimate of drug-likeness (QED) is 0.329. The van der Waals surface area contributed by atoms with Gasteiger partial charge in [0.15, 0.2) is 11.5 Å². The van der Waals surface area contributed by atoms with E-state index in [1.807, 2.05) is 28.8 Å². The van der Waals surface area contributed by atoms with Gasteiger partial charge in [-0.2, -0.15) is 0 Å². The van der Waals surface area contributed by atoms with Crippen LogP contribution in [0.25, 0.3) is 11.0 Å². The number of carbonyl (C=O) groups excluding carboxylic acids is 2. The van der Waals surface area contributed by atoms with Crippen molar-refractivity contribution < 1.29 is 14.3 Å². The van der Waals surface area contributed by atoms with E-state index in [1.165, 1.54) is 70.6 Å². The van der Waals surface area contributed by atoms with E-state index in [-0.39, 0.29) is 42.5 Å². The molecule has 0 N–H and O–H groups in total. The van der Waals surface area contributed by atoms with Crippen LogP contribution in [0.3, 0.4) is 0 Å². The predicted octanol–water partition coefficient (Wildman–Crippen LogP) is 5.98. The van der Waals surface area contributed by atoms with Crippen molar-refractivity contribution in [2.75, 3.05) is 6.61 Å². The van der Waals surface area contributed by atoms with Crippen LogP contribution < -0.4 is 5.56 Å². The Bertz CT molecular complexity index is 1180. The third-order valence-electron chi connectivity index (χ3n) is 9.05. The Hall–Kier alpha value is -2.54. The highest BCUT2D eigenvalue weighted by Crippen LogP contribution is 2.45. The molecule has 3 heterocycles. The van der Waals surface area contributed by atoms with Crippen LogP contribution in [-0.4, -0.2) is 50.9 Å². The van der Waals surface area contributed by atoms with Crippen LogP contribution in [-0.2, 0) is 9.53 Å². The van der Waals surface area contributed by atoms with Crippen molar-refractivity contribution in [3.63, 3.8) is 0 Å². The van der Waals surface area contributed by atoms with Crippen molar-refractivity contribution in [1.29, 1.82) is 0 Å². The number of Topliss-reactive ketones (excluding diaryl/α,β-unsaturated/α-hetero) is 1. The first-order valence-electron chi connectivity index (χ1n) is 15.1. The Morgan fingerprint density at radius 2 is 1.55 bits per heavy atom. The minimum Gasteiger partial charge on any atom is -0.466 e. The molecular formula is C31H43N3O4. The maximum atomic E-state index is 14.0. The van der Waals surface area contributed by atoms with Gasteiger partial charge in [0.1, 0.15) is 0 Å². The normalized spacial score (nSPS) is 25.3. The molecule has 3 fully saturated rings. The molecule has 0 spiro atoms. The van der Waals surface area contributed by atoms with Crippen LogP contribution in [0.1, 0.15) is 120 Å². The lowest BCUT2D eigenvalue weighted by atomic mass is 9.92. The Morgan fingerprint density at radius 3 is 2.29 bits per heavy atom. The summed E-state index contributed by atoms with van der Waals surface area (Å²) >= 11 is 0. The summed E-state index contributed by atoms with van der Waals surface area (Å²) in [6, 6.07) is 9.12. The summed E-state index contributed by atoms with van der Waals surface area (Å²) in [7, 11) is 0. The summed E-state index contributed by atoms with van der Waals surface area (Å²) in [6.45, 7) is 2.01. The molecule has 7 heteroatoms. The molecule has 1 aromatic carbocycles. The third-order valence-corrected chi connectivity index (χ3v) is 9.05. The Labute approximate surface area is 225 Å². The van der Waals surface area contributed by atoms with Crippen molar-refractivity contribution in [3.8, 4) is 0 Å². The fourth-order valence-corrected chi connectivity index (χ4v) is 7.36. The van der Waals surface area contributed by atoms with E-state index in [0.29, 0.717) is 23.6 Å². The van der Waals surface area contributed by atoms with Crippen molar-refractivity contribution in [2.24, 2.45) is 0 Å². The standard InChI is InChI=1S/C31H43N3O4/c1-2-38-29(36)20-19-28(35)30-31(37)34(25-17-11-10-16-24(25)32-30)27-21-23-15-12-18-26(27)33(23)22-13-8-6-4-3-5-7-9-14-22/h10-11,16-17,22-23,26-27H,2-9,12-15,18-21H2,1H3/t23-,26+,27+/m0/s1. The van der Waals surface area contributed by atoms with Crippen LogP contribution in [0.2, 0.25) is 0 Å². The molecule has 7 nitrogen and oxygen atoms in total. The van der Waals surface area contributed by atoms with Crippen molar-refractivity contribution in [2.45, 2.75) is 127 Å². The molecular weight excluding hydrogens is 478 g/mol. The van der Waals surface area contributed by atoms with Crippen LogP contribution in [0.4, 0.5) is 0 Å². The average molecular weight is 522 g/mol. The number of piperidine rings is 1. The minimum atomic E-state index is -0.423. The summed E-state index contributed by atoms with van der Waals surface area (Å²) < 4.78 is 6.89. The van der Waals surface area contributed by atoms with Crippen molar-refractivity contribution in [3.05, 3.63) is 40.3 Å². The first-order chi connectivity index (χ1) is 18.6. The molecule has 2 aliphatic heterocycles. The molecule has 5 rings (SSSR count). The van der Waals surface area contributed by atoms with Gasteiger partial charge < -0.3 is 9.30 Å². The van der Waals surface area contributed by atoms with Gasteiger partial charge in [0.25, 0.3) is 5.56 Å². The lowest BCUT2D eigenvalue weighted by Gasteiger charge is -2.42. The first-order valence-corrected chi connectivity index (χ1v) is 15.1. The van der Waals surface area contributed by atoms with E-state index in [9.17, 15) is 14.4 Å². The molecule has 1 aromatic heterocycles. The molecule has 3 aliphatic rings. The highest BCUT2D eigenvalue weighted by molar-refractivity contribution is 5.97. The second kappa shape index (κ2) is 12.5. The van der Waals surface area contributed by atoms with Gasteiger partial charge in [-0.3, -0.25) is 19.3 Å². The molecule has 0 amide bonds. The van der Waals surface area contributed by atoms with E-state index in [1.54, 1.807) is 6.92 Å². The molecule has 2 aromatic rings. The topological polar surface area (TPSA) is 81.5 Å². The van der Waals surface area contributed by atoms with Gasteiger partial charge in [-0.1, -0.05) is 63.5 Å². The molecule has 2 saturated heterocycles. The maximum Gasteiger partial charge on any atom is 0.306 e. The van der Waals surface area contributed by atoms with Gasteiger partial charge in [-0.15, -0.1) is 0 Å². The number of para-hydroxylation sites is 2. The number of carbonyl (C=O) groups is 2. The molecule has 0 radical (unpaired) electrons. The Kier molecular flexibility index (Phi) is 8.93. The number of rotatable bonds is 7. The number of fused-ring (bicyclic) bond motifs is 3. The smallest absolute Gasteiger partial charge is 0.306 e. The van der Waals surface area contributed by atoms with Crippen molar-refractivity contribution in [1.82, 2.24) is 14.5 Å². The molecule has 2 bridgehead atoms. The second-order valence-electron chi connectivity index (χ2n) is 11.5. The lowest BCUT2D eigenvalue weighted by Crippen LogP contribution is -2.48. The van der Waals surface area contributed by atoms with Crippen LogP contribution >= 0.6 is 0 Å². The number of esters is 1. The summed E-state index contributed by atoms with van der Waals surface area (Å²) in [5.41, 5.74) is 1.13. The molecule has 3 atom stereocenters. The fourth-order valence-electron chi connectivity index (χ4n) is 7.36. The summed E-state index contributed by atoms with van der Waals surface area (Å²) in [6.07, 6.45) is 16.2. The predicted molar refractivity (Wildman–Crippen MR) is 148 cm³/mol. The SMILES string of the molecule is CCOC(=O)CCC(=O)c1nc2ccccc2n([C@@H]2C[C@@H]3CCC[C@H]2N3C2CCCCCCCCC2)c1=O. The lowest BCUT2D eigenvalue weighted by molar-refractivity contribution is -0.143. The van der Waals surface area contributed by atoms with E-state index in [0.717, 1.165) is 18.4 Å². The van der Waals surface area contributed by atoms with E-state index in [4.69, 9.17) is 4.74 Å². The van der Waals surface area contributed by atoms with Gasteiger partial charge in [0, 0.05) is 24.5 Å². The number of hydrogen-bond acceptors (Lipinski definition) is 6. The molecule has 1 saturated carbocycles. The largest absolute Gasteiger partial charge is 0.466 e. The first kappa shape index (κ1) is 27.0. The molecule has 0 unspecified atom stereocenters. The third kappa shape index (κ3) is 5.73. The van der Waals surface area contributed by atoms with E-state index >= 15 is 0 Å². The molecule has 1 aliphatic carbocycles. The number of aromatic nitrogens is 2. The zero-order chi connectivity index (χ0) is 26.5. The summed E-state index contributed by atoms with van der Waals surface area (Å²) in [5, 5.41) is 0. The van der Waals surface area contributed by atoms with Crippen molar-refractivity contribution >= 4 is 22.8 Å². The van der Waals surface area contributed by atoms with E-state index in [2.05, 4.69) is 9.88 Å². The van der Waals surface area contributed by atoms with Gasteiger partial charge in [0.05, 0.1) is 30.1 Å². The van der Waals surface area contributed by atoms with Crippen LogP contribution in [0.5, 0.6) is 0 Å². The number of nitrogens with zero attached hydrogens (tertiary/aromatic N) is 3. The van der Waals surface area contributed by atoms with Gasteiger partial charge >= 0.3 is 5.97 Å². The molecule has 206 valence electrons. The number of hydrogen-bond donors (Lipinski definition) is 0. The Morgan fingerprint density at radius 1 is 0.868 bits per heavy atom. The minimum absolute atomic E-state index is 0.0370. The number of ether oxygens (including phenoxy) is 1. The highest BCUT2D eigenvalue weighted by Gasteiger charge is 2.47. The van der Waals surface area contributed by atoms with Gasteiger partial charge in [-0.05, 0) is 51.2 Å². The highest BCUT2D eigenvalue weighted by atomic mass is 16.5. The number of ketones is 1. The monoisotopic (exact) mass is 521 g/mol. The maximum absolute atomic E-state index is 14.0. The summed E-state index contributed by atoms with van der Waals surface area (Å²) in [5.74, 6) is -0.805. The van der Waals surface area contributed by atoms with Crippen LogP contribution in [0, 0.1) is 0 Å². The van der Waals surface area contributed by atoms with Gasteiger partial charge in [0.2, 0.25) is 0 Å². The summed E-state index contributed by atoms with van der Waals surface area (Å²) in [4.78, 5) is 46.3. The molecule has 38 heavy (non-hydrogen) atoms. The zero-order valence-electron chi connectivity index (χ0n) is 22.9. The second-order valence-corrected chi connectivity index (χ2v) is 11.5. The fraction of sp³-hybridized carbons (Fsp3) is 0.677.